The highest BCUT2D eigenvalue weighted by atomic mass is 16.6. The quantitative estimate of drug-likeness (QED) is 0.206. The van der Waals surface area contributed by atoms with Gasteiger partial charge in [0.25, 0.3) is 5.91 Å². The monoisotopic (exact) mass is 601 g/mol. The molecule has 0 aliphatic heterocycles. The van der Waals surface area contributed by atoms with Gasteiger partial charge in [0.1, 0.15) is 29.2 Å². The molecule has 44 heavy (non-hydrogen) atoms. The number of anilines is 1. The lowest BCUT2D eigenvalue weighted by atomic mass is 9.98. The van der Waals surface area contributed by atoms with Crippen LogP contribution >= 0.6 is 0 Å². The van der Waals surface area contributed by atoms with Gasteiger partial charge in [-0.1, -0.05) is 56.3 Å². The smallest absolute Gasteiger partial charge is 0.408 e. The first-order valence-electron chi connectivity index (χ1n) is 14.7. The Morgan fingerprint density at radius 1 is 1.02 bits per heavy atom. The molecule has 0 heterocycles. The second-order valence-electron chi connectivity index (χ2n) is 11.4. The zero-order chi connectivity index (χ0) is 32.3. The summed E-state index contributed by atoms with van der Waals surface area (Å²) in [4.78, 5) is 43.1. The number of carbonyl (C=O) groups excluding carboxylic acids is 3. The number of carbonyl (C=O) groups is 3. The van der Waals surface area contributed by atoms with Gasteiger partial charge in [-0.05, 0) is 86.3 Å². The molecule has 0 aromatic heterocycles. The molecule has 3 rings (SSSR count). The number of hydrogen-bond acceptors (Lipinski definition) is 6. The van der Waals surface area contributed by atoms with E-state index in [0.717, 1.165) is 12.0 Å². The Morgan fingerprint density at radius 3 is 2.30 bits per heavy atom. The molecule has 3 aromatic carbocycles. The minimum Gasteiger partial charge on any atom is -0.508 e. The van der Waals surface area contributed by atoms with E-state index in [2.05, 4.69) is 17.2 Å². The van der Waals surface area contributed by atoms with Crippen LogP contribution < -0.4 is 15.4 Å². The van der Waals surface area contributed by atoms with Gasteiger partial charge in [0, 0.05) is 18.7 Å². The molecule has 0 bridgehead atoms. The van der Waals surface area contributed by atoms with E-state index in [-0.39, 0.29) is 18.7 Å². The van der Waals surface area contributed by atoms with Gasteiger partial charge in [-0.25, -0.2) is 4.79 Å². The van der Waals surface area contributed by atoms with Gasteiger partial charge in [-0.3, -0.25) is 9.59 Å². The number of aromatic hydroxyl groups is 1. The average Bonchev–Trinajstić information content (AvgIpc) is 2.99. The molecule has 0 fully saturated rings. The average molecular weight is 602 g/mol. The SMILES string of the molecule is C=Cc1cccc(C(C(=O)Nc2ccc(OC)cc2)N(CCCC)C(=O)C(Cc2ccc(O)cc2)NC(=O)OC(C)(C)C)c1. The zero-order valence-corrected chi connectivity index (χ0v) is 26.1. The van der Waals surface area contributed by atoms with E-state index < -0.39 is 35.6 Å². The second kappa shape index (κ2) is 15.6. The Bertz CT molecular complexity index is 1410. The van der Waals surface area contributed by atoms with Gasteiger partial charge in [-0.2, -0.15) is 0 Å². The first-order chi connectivity index (χ1) is 20.9. The molecule has 0 radical (unpaired) electrons. The third-order valence-electron chi connectivity index (χ3n) is 6.78. The summed E-state index contributed by atoms with van der Waals surface area (Å²) in [6, 6.07) is 18.5. The van der Waals surface area contributed by atoms with E-state index in [4.69, 9.17) is 9.47 Å². The van der Waals surface area contributed by atoms with Crippen molar-refractivity contribution >= 4 is 29.7 Å². The fraction of sp³-hybridized carbons (Fsp3) is 0.343. The topological polar surface area (TPSA) is 117 Å². The summed E-state index contributed by atoms with van der Waals surface area (Å²) in [5, 5.41) is 15.5. The number of amides is 3. The molecule has 0 aliphatic carbocycles. The van der Waals surface area contributed by atoms with Crippen LogP contribution in [0.15, 0.2) is 79.4 Å². The molecule has 9 heteroatoms. The first kappa shape index (κ1) is 33.7. The molecule has 2 atom stereocenters. The maximum Gasteiger partial charge on any atom is 0.408 e. The summed E-state index contributed by atoms with van der Waals surface area (Å²) in [6.45, 7) is 11.3. The summed E-state index contributed by atoms with van der Waals surface area (Å²) in [6.07, 6.45) is 2.43. The molecular weight excluding hydrogens is 558 g/mol. The van der Waals surface area contributed by atoms with Gasteiger partial charge in [0.2, 0.25) is 5.91 Å². The zero-order valence-electron chi connectivity index (χ0n) is 26.1. The van der Waals surface area contributed by atoms with Crippen molar-refractivity contribution in [1.82, 2.24) is 10.2 Å². The predicted octanol–water partition coefficient (Wildman–Crippen LogP) is 6.49. The Kier molecular flexibility index (Phi) is 12.0. The van der Waals surface area contributed by atoms with Crippen LogP contribution in [-0.4, -0.2) is 53.2 Å². The van der Waals surface area contributed by atoms with Crippen LogP contribution in [0.4, 0.5) is 10.5 Å². The van der Waals surface area contributed by atoms with Gasteiger partial charge >= 0.3 is 6.09 Å². The van der Waals surface area contributed by atoms with Crippen molar-refractivity contribution in [2.75, 3.05) is 19.0 Å². The minimum absolute atomic E-state index is 0.0821. The van der Waals surface area contributed by atoms with E-state index in [0.29, 0.717) is 29.0 Å². The highest BCUT2D eigenvalue weighted by Gasteiger charge is 2.36. The van der Waals surface area contributed by atoms with Crippen molar-refractivity contribution in [2.45, 2.75) is 64.6 Å². The summed E-state index contributed by atoms with van der Waals surface area (Å²) >= 11 is 0. The van der Waals surface area contributed by atoms with Crippen LogP contribution in [0.5, 0.6) is 11.5 Å². The van der Waals surface area contributed by atoms with Gasteiger partial charge in [-0.15, -0.1) is 0 Å². The molecule has 3 aromatic rings. The van der Waals surface area contributed by atoms with Crippen molar-refractivity contribution in [3.63, 3.8) is 0 Å². The standard InChI is InChI=1S/C35H43N3O6/c1-7-9-21-38(33(41)30(37-34(42)44-35(3,4)5)23-25-13-17-28(39)18-14-25)31(26-12-10-11-24(8-2)22-26)32(40)36-27-15-19-29(43-6)20-16-27/h8,10-20,22,30-31,39H,2,7,9,21,23H2,1,3-6H3,(H,36,40)(H,37,42). The van der Waals surface area contributed by atoms with Gasteiger partial charge < -0.3 is 30.1 Å². The number of phenols is 1. The minimum atomic E-state index is -1.06. The third kappa shape index (κ3) is 9.90. The van der Waals surface area contributed by atoms with Crippen molar-refractivity contribution < 1.29 is 29.0 Å². The van der Waals surface area contributed by atoms with E-state index in [9.17, 15) is 19.5 Å². The van der Waals surface area contributed by atoms with E-state index in [1.54, 1.807) is 76.4 Å². The number of ether oxygens (including phenoxy) is 2. The lowest BCUT2D eigenvalue weighted by Crippen LogP contribution is -2.53. The van der Waals surface area contributed by atoms with Crippen LogP contribution in [0.25, 0.3) is 6.08 Å². The van der Waals surface area contributed by atoms with E-state index in [1.165, 1.54) is 17.0 Å². The molecular formula is C35H43N3O6. The van der Waals surface area contributed by atoms with Crippen LogP contribution in [0.1, 0.15) is 63.3 Å². The number of phenolic OH excluding ortho intramolecular Hbond substituents is 1. The lowest BCUT2D eigenvalue weighted by molar-refractivity contribution is -0.140. The summed E-state index contributed by atoms with van der Waals surface area (Å²) in [5.41, 5.74) is 1.85. The van der Waals surface area contributed by atoms with Crippen LogP contribution in [0.3, 0.4) is 0 Å². The normalized spacial score (nSPS) is 12.4. The number of methoxy groups -OCH3 is 1. The number of unbranched alkanes of at least 4 members (excludes halogenated alkanes) is 1. The number of rotatable bonds is 13. The van der Waals surface area contributed by atoms with Gasteiger partial charge in [0.05, 0.1) is 7.11 Å². The van der Waals surface area contributed by atoms with Crippen LogP contribution in [0, 0.1) is 0 Å². The molecule has 0 spiro atoms. The summed E-state index contributed by atoms with van der Waals surface area (Å²) in [5.74, 6) is -0.139. The molecule has 234 valence electrons. The molecule has 9 nitrogen and oxygen atoms in total. The Hall–Kier alpha value is -4.79. The molecule has 0 saturated heterocycles. The summed E-state index contributed by atoms with van der Waals surface area (Å²) in [7, 11) is 1.56. The van der Waals surface area contributed by atoms with E-state index in [1.807, 2.05) is 25.1 Å². The van der Waals surface area contributed by atoms with Gasteiger partial charge in [0.15, 0.2) is 0 Å². The third-order valence-corrected chi connectivity index (χ3v) is 6.78. The van der Waals surface area contributed by atoms with Crippen LogP contribution in [-0.2, 0) is 20.7 Å². The maximum atomic E-state index is 14.5. The van der Waals surface area contributed by atoms with E-state index >= 15 is 0 Å². The fourth-order valence-corrected chi connectivity index (χ4v) is 4.63. The molecule has 0 saturated carbocycles. The number of benzene rings is 3. The first-order valence-corrected chi connectivity index (χ1v) is 14.7. The second-order valence-corrected chi connectivity index (χ2v) is 11.4. The van der Waals surface area contributed by atoms with Crippen LogP contribution in [0.2, 0.25) is 0 Å². The number of alkyl carbamates (subject to hydrolysis) is 1. The van der Waals surface area contributed by atoms with Crippen molar-refractivity contribution in [3.05, 3.63) is 96.1 Å². The number of hydrogen-bond donors (Lipinski definition) is 3. The molecule has 3 amide bonds. The Morgan fingerprint density at radius 2 is 1.70 bits per heavy atom. The summed E-state index contributed by atoms with van der Waals surface area (Å²) < 4.78 is 10.7. The Labute approximate surface area is 259 Å². The number of nitrogens with one attached hydrogen (secondary N) is 2. The maximum absolute atomic E-state index is 14.5. The highest BCUT2D eigenvalue weighted by Crippen LogP contribution is 2.27. The Balaban J connectivity index is 2.07. The fourth-order valence-electron chi connectivity index (χ4n) is 4.63. The molecule has 0 aliphatic rings. The van der Waals surface area contributed by atoms with Crippen molar-refractivity contribution in [2.24, 2.45) is 0 Å². The number of nitrogens with zero attached hydrogens (tertiary/aromatic N) is 1. The van der Waals surface area contributed by atoms with Crippen molar-refractivity contribution in [1.29, 1.82) is 0 Å². The highest BCUT2D eigenvalue weighted by molar-refractivity contribution is 5.99. The van der Waals surface area contributed by atoms with Crippen molar-refractivity contribution in [3.8, 4) is 11.5 Å². The molecule has 2 unspecified atom stereocenters. The largest absolute Gasteiger partial charge is 0.508 e. The lowest BCUT2D eigenvalue weighted by Gasteiger charge is -2.34. The predicted molar refractivity (Wildman–Crippen MR) is 172 cm³/mol. The molecule has 3 N–H and O–H groups in total.